The standard InChI is InChI=1S/C17H15N3O4S/c21-17(19-22)16-6-5-15(25-16)12-7-8-20(18-12)9-11-10-23-13-3-1-2-4-14(13)24-11/h1-8,11,22H,9-10H2,(H,19,21). The van der Waals surface area contributed by atoms with Crippen molar-refractivity contribution >= 4 is 17.2 Å². The van der Waals surface area contributed by atoms with Crippen LogP contribution in [0.25, 0.3) is 10.6 Å². The molecule has 4 rings (SSSR count). The van der Waals surface area contributed by atoms with E-state index in [0.29, 0.717) is 18.0 Å². The summed E-state index contributed by atoms with van der Waals surface area (Å²) in [6.07, 6.45) is 1.74. The Balaban J connectivity index is 1.45. The number of hydrogen-bond donors (Lipinski definition) is 2. The summed E-state index contributed by atoms with van der Waals surface area (Å²) >= 11 is 1.26. The van der Waals surface area contributed by atoms with E-state index in [0.717, 1.165) is 22.1 Å². The van der Waals surface area contributed by atoms with E-state index in [1.54, 1.807) is 22.3 Å². The van der Waals surface area contributed by atoms with Crippen LogP contribution in [0.1, 0.15) is 9.67 Å². The second-order valence-corrected chi connectivity index (χ2v) is 6.61. The van der Waals surface area contributed by atoms with Crippen molar-refractivity contribution in [3.63, 3.8) is 0 Å². The van der Waals surface area contributed by atoms with Crippen LogP contribution in [0.4, 0.5) is 0 Å². The number of nitrogens with zero attached hydrogens (tertiary/aromatic N) is 2. The third kappa shape index (κ3) is 3.21. The molecule has 0 saturated carbocycles. The molecule has 1 unspecified atom stereocenters. The minimum atomic E-state index is -0.526. The molecule has 1 atom stereocenters. The van der Waals surface area contributed by atoms with Crippen molar-refractivity contribution in [2.75, 3.05) is 6.61 Å². The van der Waals surface area contributed by atoms with Gasteiger partial charge in [0.15, 0.2) is 17.6 Å². The zero-order valence-corrected chi connectivity index (χ0v) is 13.9. The number of amides is 1. The molecular formula is C17H15N3O4S. The van der Waals surface area contributed by atoms with Gasteiger partial charge >= 0.3 is 0 Å². The summed E-state index contributed by atoms with van der Waals surface area (Å²) in [5, 5.41) is 13.2. The number of rotatable bonds is 4. The van der Waals surface area contributed by atoms with Crippen molar-refractivity contribution in [1.82, 2.24) is 15.3 Å². The van der Waals surface area contributed by atoms with Crippen LogP contribution in [0.2, 0.25) is 0 Å². The lowest BCUT2D eigenvalue weighted by atomic mass is 10.2. The van der Waals surface area contributed by atoms with Gasteiger partial charge in [-0.25, -0.2) is 5.48 Å². The average molecular weight is 357 g/mol. The Morgan fingerprint density at radius 3 is 2.96 bits per heavy atom. The summed E-state index contributed by atoms with van der Waals surface area (Å²) in [4.78, 5) is 12.7. The molecule has 2 aromatic heterocycles. The van der Waals surface area contributed by atoms with Crippen molar-refractivity contribution < 1.29 is 19.5 Å². The van der Waals surface area contributed by atoms with E-state index in [4.69, 9.17) is 14.7 Å². The first-order valence-corrected chi connectivity index (χ1v) is 8.51. The lowest BCUT2D eigenvalue weighted by Gasteiger charge is -2.26. The predicted molar refractivity (Wildman–Crippen MR) is 91.1 cm³/mol. The van der Waals surface area contributed by atoms with Gasteiger partial charge in [0, 0.05) is 6.20 Å². The fraction of sp³-hybridized carbons (Fsp3) is 0.176. The number of nitrogens with one attached hydrogen (secondary N) is 1. The molecular weight excluding hydrogens is 342 g/mol. The molecule has 25 heavy (non-hydrogen) atoms. The van der Waals surface area contributed by atoms with Crippen molar-refractivity contribution in [3.05, 3.63) is 53.5 Å². The van der Waals surface area contributed by atoms with Gasteiger partial charge in [-0.1, -0.05) is 12.1 Å². The van der Waals surface area contributed by atoms with Gasteiger partial charge in [0.1, 0.15) is 12.3 Å². The highest BCUT2D eigenvalue weighted by molar-refractivity contribution is 7.17. The molecule has 8 heteroatoms. The first kappa shape index (κ1) is 15.7. The Morgan fingerprint density at radius 1 is 1.28 bits per heavy atom. The molecule has 3 aromatic rings. The molecule has 0 spiro atoms. The van der Waals surface area contributed by atoms with Crippen molar-refractivity contribution in [2.24, 2.45) is 0 Å². The van der Waals surface area contributed by atoms with Crippen molar-refractivity contribution in [3.8, 4) is 22.1 Å². The number of carbonyl (C=O) groups excluding carboxylic acids is 1. The highest BCUT2D eigenvalue weighted by Gasteiger charge is 2.21. The molecule has 1 aliphatic heterocycles. The van der Waals surface area contributed by atoms with Gasteiger partial charge in [0.25, 0.3) is 5.91 Å². The molecule has 0 bridgehead atoms. The second kappa shape index (κ2) is 6.58. The highest BCUT2D eigenvalue weighted by atomic mass is 32.1. The Kier molecular flexibility index (Phi) is 4.12. The molecule has 128 valence electrons. The molecule has 0 radical (unpaired) electrons. The summed E-state index contributed by atoms with van der Waals surface area (Å²) in [6.45, 7) is 1.02. The minimum Gasteiger partial charge on any atom is -0.486 e. The number of para-hydroxylation sites is 2. The SMILES string of the molecule is O=C(NO)c1ccc(-c2ccn(CC3COc4ccccc4O3)n2)s1. The molecule has 1 aliphatic rings. The van der Waals surface area contributed by atoms with Gasteiger partial charge in [0.2, 0.25) is 0 Å². The number of carbonyl (C=O) groups is 1. The van der Waals surface area contributed by atoms with Gasteiger partial charge in [-0.05, 0) is 30.3 Å². The molecule has 0 fully saturated rings. The van der Waals surface area contributed by atoms with Crippen molar-refractivity contribution in [1.29, 1.82) is 0 Å². The fourth-order valence-corrected chi connectivity index (χ4v) is 3.47. The Hall–Kier alpha value is -2.84. The largest absolute Gasteiger partial charge is 0.486 e. The lowest BCUT2D eigenvalue weighted by molar-refractivity contribution is 0.0711. The smallest absolute Gasteiger partial charge is 0.284 e. The number of hydrogen-bond acceptors (Lipinski definition) is 6. The number of hydroxylamine groups is 1. The zero-order chi connectivity index (χ0) is 17.2. The number of thiophene rings is 1. The van der Waals surface area contributed by atoms with Crippen LogP contribution in [0, 0.1) is 0 Å². The normalized spacial score (nSPS) is 15.8. The first-order valence-electron chi connectivity index (χ1n) is 7.69. The molecule has 1 aromatic carbocycles. The number of aromatic nitrogens is 2. The van der Waals surface area contributed by atoms with E-state index in [1.807, 2.05) is 36.5 Å². The Labute approximate surface area is 147 Å². The number of benzene rings is 1. The number of fused-ring (bicyclic) bond motifs is 1. The van der Waals surface area contributed by atoms with Crippen LogP contribution in [0.3, 0.4) is 0 Å². The third-order valence-electron chi connectivity index (χ3n) is 3.78. The zero-order valence-electron chi connectivity index (χ0n) is 13.1. The van der Waals surface area contributed by atoms with E-state index >= 15 is 0 Å². The van der Waals surface area contributed by atoms with Crippen LogP contribution in [-0.4, -0.2) is 33.6 Å². The Morgan fingerprint density at radius 2 is 2.12 bits per heavy atom. The molecule has 2 N–H and O–H groups in total. The predicted octanol–water partition coefficient (Wildman–Crippen LogP) is 2.57. The highest BCUT2D eigenvalue weighted by Crippen LogP contribution is 2.31. The third-order valence-corrected chi connectivity index (χ3v) is 4.89. The van der Waals surface area contributed by atoms with E-state index in [2.05, 4.69) is 5.10 Å². The van der Waals surface area contributed by atoms with Gasteiger partial charge in [-0.2, -0.15) is 5.10 Å². The molecule has 0 saturated heterocycles. The van der Waals surface area contributed by atoms with E-state index < -0.39 is 5.91 Å². The molecule has 7 nitrogen and oxygen atoms in total. The fourth-order valence-electron chi connectivity index (χ4n) is 2.61. The quantitative estimate of drug-likeness (QED) is 0.554. The van der Waals surface area contributed by atoms with E-state index in [-0.39, 0.29) is 6.10 Å². The average Bonchev–Trinajstić information content (AvgIpc) is 3.30. The summed E-state index contributed by atoms with van der Waals surface area (Å²) in [5.41, 5.74) is 2.39. The minimum absolute atomic E-state index is 0.123. The topological polar surface area (TPSA) is 85.6 Å². The van der Waals surface area contributed by atoms with Crippen LogP contribution in [0.5, 0.6) is 11.5 Å². The van der Waals surface area contributed by atoms with Crippen LogP contribution >= 0.6 is 11.3 Å². The van der Waals surface area contributed by atoms with E-state index in [9.17, 15) is 4.79 Å². The van der Waals surface area contributed by atoms with Gasteiger partial charge < -0.3 is 9.47 Å². The maximum atomic E-state index is 11.4. The first-order chi connectivity index (χ1) is 12.2. The molecule has 3 heterocycles. The molecule has 0 aliphatic carbocycles. The summed E-state index contributed by atoms with van der Waals surface area (Å²) < 4.78 is 13.4. The Bertz CT molecular complexity index is 905. The van der Waals surface area contributed by atoms with Crippen LogP contribution < -0.4 is 15.0 Å². The summed E-state index contributed by atoms with van der Waals surface area (Å²) in [6, 6.07) is 12.9. The summed E-state index contributed by atoms with van der Waals surface area (Å²) in [5.74, 6) is 0.972. The van der Waals surface area contributed by atoms with Gasteiger partial charge in [0.05, 0.1) is 16.3 Å². The second-order valence-electron chi connectivity index (χ2n) is 5.53. The van der Waals surface area contributed by atoms with Crippen LogP contribution in [0.15, 0.2) is 48.7 Å². The monoisotopic (exact) mass is 357 g/mol. The number of ether oxygens (including phenoxy) is 2. The van der Waals surface area contributed by atoms with Gasteiger partial charge in [-0.15, -0.1) is 11.3 Å². The maximum Gasteiger partial charge on any atom is 0.284 e. The maximum absolute atomic E-state index is 11.4. The molecule has 1 amide bonds. The van der Waals surface area contributed by atoms with Crippen LogP contribution in [-0.2, 0) is 6.54 Å². The lowest BCUT2D eigenvalue weighted by Crippen LogP contribution is -2.33. The van der Waals surface area contributed by atoms with E-state index in [1.165, 1.54) is 11.3 Å². The van der Waals surface area contributed by atoms with Crippen molar-refractivity contribution in [2.45, 2.75) is 12.6 Å². The van der Waals surface area contributed by atoms with Gasteiger partial charge in [-0.3, -0.25) is 14.7 Å². The summed E-state index contributed by atoms with van der Waals surface area (Å²) in [7, 11) is 0.